The first-order chi connectivity index (χ1) is 11.6. The fourth-order valence-electron chi connectivity index (χ4n) is 2.09. The SMILES string of the molecule is Cc1cc(C)nc(SCC(=O)N/N=C\c2ccc3c(c2)OCO3)n1. The number of nitrogens with zero attached hydrogens (tertiary/aromatic N) is 3. The first-order valence-corrected chi connectivity index (χ1v) is 8.25. The lowest BCUT2D eigenvalue weighted by Crippen LogP contribution is -2.19. The molecule has 7 nitrogen and oxygen atoms in total. The van der Waals surface area contributed by atoms with E-state index in [1.54, 1.807) is 18.3 Å². The molecule has 124 valence electrons. The lowest BCUT2D eigenvalue weighted by Gasteiger charge is -2.02. The van der Waals surface area contributed by atoms with Crippen LogP contribution in [0.5, 0.6) is 11.5 Å². The summed E-state index contributed by atoms with van der Waals surface area (Å²) in [6.45, 7) is 4.02. The summed E-state index contributed by atoms with van der Waals surface area (Å²) < 4.78 is 10.5. The van der Waals surface area contributed by atoms with Gasteiger partial charge in [0.15, 0.2) is 16.7 Å². The van der Waals surface area contributed by atoms with Crippen molar-refractivity contribution in [3.05, 3.63) is 41.2 Å². The molecule has 1 aliphatic heterocycles. The zero-order chi connectivity index (χ0) is 16.9. The fourth-order valence-corrected chi connectivity index (χ4v) is 2.83. The minimum Gasteiger partial charge on any atom is -0.454 e. The van der Waals surface area contributed by atoms with Crippen LogP contribution in [-0.4, -0.2) is 34.6 Å². The lowest BCUT2D eigenvalue weighted by molar-refractivity contribution is -0.118. The van der Waals surface area contributed by atoms with E-state index in [0.29, 0.717) is 16.7 Å². The van der Waals surface area contributed by atoms with Gasteiger partial charge < -0.3 is 9.47 Å². The molecule has 0 aliphatic carbocycles. The number of hydrazone groups is 1. The standard InChI is InChI=1S/C16H16N4O3S/c1-10-5-11(2)19-16(18-10)24-8-15(21)20-17-7-12-3-4-13-14(6-12)23-9-22-13/h3-7H,8-9H2,1-2H3,(H,20,21)/b17-7-. The number of amides is 1. The van der Waals surface area contributed by atoms with Crippen LogP contribution >= 0.6 is 11.8 Å². The zero-order valence-electron chi connectivity index (χ0n) is 13.3. The number of rotatable bonds is 5. The normalized spacial score (nSPS) is 12.6. The van der Waals surface area contributed by atoms with Gasteiger partial charge in [0.1, 0.15) is 0 Å². The molecule has 0 fully saturated rings. The highest BCUT2D eigenvalue weighted by molar-refractivity contribution is 7.99. The van der Waals surface area contributed by atoms with Gasteiger partial charge in [-0.15, -0.1) is 0 Å². The Balaban J connectivity index is 1.50. The Kier molecular flexibility index (Phi) is 4.95. The largest absolute Gasteiger partial charge is 0.454 e. The summed E-state index contributed by atoms with van der Waals surface area (Å²) in [5, 5.41) is 4.52. The Morgan fingerprint density at radius 3 is 2.79 bits per heavy atom. The van der Waals surface area contributed by atoms with Crippen molar-refractivity contribution in [1.82, 2.24) is 15.4 Å². The van der Waals surface area contributed by atoms with E-state index >= 15 is 0 Å². The van der Waals surface area contributed by atoms with Crippen LogP contribution in [0.1, 0.15) is 17.0 Å². The maximum atomic E-state index is 11.8. The highest BCUT2D eigenvalue weighted by atomic mass is 32.2. The van der Waals surface area contributed by atoms with E-state index in [-0.39, 0.29) is 18.5 Å². The molecule has 0 bridgehead atoms. The van der Waals surface area contributed by atoms with Crippen LogP contribution in [0.3, 0.4) is 0 Å². The molecule has 0 atom stereocenters. The molecule has 1 aromatic heterocycles. The van der Waals surface area contributed by atoms with E-state index < -0.39 is 0 Å². The van der Waals surface area contributed by atoms with Crippen molar-refractivity contribution in [1.29, 1.82) is 0 Å². The summed E-state index contributed by atoms with van der Waals surface area (Å²) in [6, 6.07) is 7.33. The molecule has 24 heavy (non-hydrogen) atoms. The molecule has 0 saturated heterocycles. The Morgan fingerprint density at radius 2 is 2.00 bits per heavy atom. The number of hydrogen-bond donors (Lipinski definition) is 1. The van der Waals surface area contributed by atoms with Crippen LogP contribution in [0.2, 0.25) is 0 Å². The summed E-state index contributed by atoms with van der Waals surface area (Å²) in [5.74, 6) is 1.36. The maximum absolute atomic E-state index is 11.8. The molecule has 1 amide bonds. The number of hydrogen-bond acceptors (Lipinski definition) is 7. The maximum Gasteiger partial charge on any atom is 0.250 e. The van der Waals surface area contributed by atoms with Crippen LogP contribution in [0.25, 0.3) is 0 Å². The zero-order valence-corrected chi connectivity index (χ0v) is 14.1. The second-order valence-electron chi connectivity index (χ2n) is 5.13. The number of thioether (sulfide) groups is 1. The third-order valence-corrected chi connectivity index (χ3v) is 3.94. The number of carbonyl (C=O) groups is 1. The third-order valence-electron chi connectivity index (χ3n) is 3.09. The molecular weight excluding hydrogens is 328 g/mol. The van der Waals surface area contributed by atoms with Gasteiger partial charge in [-0.3, -0.25) is 4.79 Å². The van der Waals surface area contributed by atoms with Crippen molar-refractivity contribution in [2.24, 2.45) is 5.10 Å². The second-order valence-corrected chi connectivity index (χ2v) is 6.07. The Morgan fingerprint density at radius 1 is 1.25 bits per heavy atom. The molecule has 8 heteroatoms. The summed E-state index contributed by atoms with van der Waals surface area (Å²) >= 11 is 1.27. The predicted molar refractivity (Wildman–Crippen MR) is 90.5 cm³/mol. The summed E-state index contributed by atoms with van der Waals surface area (Å²) in [7, 11) is 0. The van der Waals surface area contributed by atoms with E-state index in [0.717, 1.165) is 17.0 Å². The van der Waals surface area contributed by atoms with Gasteiger partial charge in [0.25, 0.3) is 5.91 Å². The Hall–Kier alpha value is -2.61. The molecule has 0 spiro atoms. The van der Waals surface area contributed by atoms with Crippen molar-refractivity contribution < 1.29 is 14.3 Å². The Labute approximate surface area is 143 Å². The van der Waals surface area contributed by atoms with Gasteiger partial charge in [0.05, 0.1) is 12.0 Å². The monoisotopic (exact) mass is 344 g/mol. The first kappa shape index (κ1) is 16.3. The lowest BCUT2D eigenvalue weighted by atomic mass is 10.2. The van der Waals surface area contributed by atoms with E-state index in [1.807, 2.05) is 26.0 Å². The van der Waals surface area contributed by atoms with Gasteiger partial charge in [-0.05, 0) is 43.7 Å². The number of benzene rings is 1. The van der Waals surface area contributed by atoms with Gasteiger partial charge in [-0.2, -0.15) is 5.10 Å². The molecule has 0 saturated carbocycles. The minimum absolute atomic E-state index is 0.196. The predicted octanol–water partition coefficient (Wildman–Crippen LogP) is 2.06. The van der Waals surface area contributed by atoms with Gasteiger partial charge in [0.2, 0.25) is 6.79 Å². The molecule has 2 heterocycles. The second kappa shape index (κ2) is 7.31. The molecule has 0 radical (unpaired) electrons. The van der Waals surface area contributed by atoms with Gasteiger partial charge in [-0.25, -0.2) is 15.4 Å². The minimum atomic E-state index is -0.222. The average Bonchev–Trinajstić information content (AvgIpc) is 3.00. The van der Waals surface area contributed by atoms with Crippen LogP contribution in [0, 0.1) is 13.8 Å². The first-order valence-electron chi connectivity index (χ1n) is 7.27. The molecule has 1 aliphatic rings. The summed E-state index contributed by atoms with van der Waals surface area (Å²) in [6.07, 6.45) is 1.55. The molecule has 2 aromatic rings. The Bertz CT molecular complexity index is 775. The summed E-state index contributed by atoms with van der Waals surface area (Å²) in [5.41, 5.74) is 5.05. The van der Waals surface area contributed by atoms with E-state index in [1.165, 1.54) is 11.8 Å². The highest BCUT2D eigenvalue weighted by Gasteiger charge is 2.12. The number of aromatic nitrogens is 2. The van der Waals surface area contributed by atoms with Crippen LogP contribution in [-0.2, 0) is 4.79 Å². The van der Waals surface area contributed by atoms with Crippen LogP contribution < -0.4 is 14.9 Å². The summed E-state index contributed by atoms with van der Waals surface area (Å²) in [4.78, 5) is 20.4. The topological polar surface area (TPSA) is 85.7 Å². The van der Waals surface area contributed by atoms with Gasteiger partial charge >= 0.3 is 0 Å². The molecular formula is C16H16N4O3S. The third kappa shape index (κ3) is 4.23. The molecule has 1 N–H and O–H groups in total. The van der Waals surface area contributed by atoms with Crippen molar-refractivity contribution >= 4 is 23.9 Å². The van der Waals surface area contributed by atoms with Crippen molar-refractivity contribution in [2.45, 2.75) is 19.0 Å². The van der Waals surface area contributed by atoms with Gasteiger partial charge in [0, 0.05) is 11.4 Å². The quantitative estimate of drug-likeness (QED) is 0.387. The number of carbonyl (C=O) groups excluding carboxylic acids is 1. The number of nitrogens with one attached hydrogen (secondary N) is 1. The molecule has 0 unspecified atom stereocenters. The van der Waals surface area contributed by atoms with Crippen molar-refractivity contribution in [3.8, 4) is 11.5 Å². The van der Waals surface area contributed by atoms with Crippen LogP contribution in [0.15, 0.2) is 34.5 Å². The van der Waals surface area contributed by atoms with E-state index in [4.69, 9.17) is 9.47 Å². The number of aryl methyl sites for hydroxylation is 2. The van der Waals surface area contributed by atoms with Crippen molar-refractivity contribution in [2.75, 3.05) is 12.5 Å². The van der Waals surface area contributed by atoms with Gasteiger partial charge in [-0.1, -0.05) is 11.8 Å². The number of ether oxygens (including phenoxy) is 2. The van der Waals surface area contributed by atoms with Crippen molar-refractivity contribution in [3.63, 3.8) is 0 Å². The van der Waals surface area contributed by atoms with Crippen LogP contribution in [0.4, 0.5) is 0 Å². The van der Waals surface area contributed by atoms with E-state index in [2.05, 4.69) is 20.5 Å². The average molecular weight is 344 g/mol. The smallest absolute Gasteiger partial charge is 0.250 e. The molecule has 3 rings (SSSR count). The highest BCUT2D eigenvalue weighted by Crippen LogP contribution is 2.31. The van der Waals surface area contributed by atoms with E-state index in [9.17, 15) is 4.79 Å². The molecule has 1 aromatic carbocycles. The fraction of sp³-hybridized carbons (Fsp3) is 0.250. The number of fused-ring (bicyclic) bond motifs is 1.